The van der Waals surface area contributed by atoms with Gasteiger partial charge in [-0.05, 0) is 54.4 Å². The molecule has 2 aromatic carbocycles. The molecule has 0 radical (unpaired) electrons. The van der Waals surface area contributed by atoms with Gasteiger partial charge in [-0.3, -0.25) is 0 Å². The predicted molar refractivity (Wildman–Crippen MR) is 95.8 cm³/mol. The van der Waals surface area contributed by atoms with E-state index in [0.717, 1.165) is 28.6 Å². The van der Waals surface area contributed by atoms with Gasteiger partial charge in [0.05, 0.1) is 6.04 Å². The highest BCUT2D eigenvalue weighted by Crippen LogP contribution is 2.35. The summed E-state index contributed by atoms with van der Waals surface area (Å²) in [6.45, 7) is 2.99. The van der Waals surface area contributed by atoms with Gasteiger partial charge in [0.15, 0.2) is 0 Å². The minimum Gasteiger partial charge on any atom is -0.306 e. The first-order valence-corrected chi connectivity index (χ1v) is 8.59. The van der Waals surface area contributed by atoms with E-state index >= 15 is 0 Å². The lowest BCUT2D eigenvalue weighted by molar-refractivity contribution is 0.598. The van der Waals surface area contributed by atoms with Crippen LogP contribution >= 0.6 is 50.7 Å². The Balaban J connectivity index is 2.49. The molecule has 21 heavy (non-hydrogen) atoms. The highest BCUT2D eigenvalue weighted by molar-refractivity contribution is 9.10. The fourth-order valence-corrected chi connectivity index (χ4v) is 3.27. The Morgan fingerprint density at radius 2 is 1.76 bits per heavy atom. The van der Waals surface area contributed by atoms with Crippen LogP contribution in [0.15, 0.2) is 40.9 Å². The first kappa shape index (κ1) is 17.1. The van der Waals surface area contributed by atoms with Gasteiger partial charge in [0.1, 0.15) is 0 Å². The monoisotopic (exact) mass is 405 g/mol. The summed E-state index contributed by atoms with van der Waals surface area (Å²) in [5, 5.41) is 5.46. The molecule has 112 valence electrons. The minimum atomic E-state index is -0.0697. The summed E-state index contributed by atoms with van der Waals surface area (Å²) in [6.07, 6.45) is 1.02. The summed E-state index contributed by atoms with van der Waals surface area (Å²) in [6, 6.07) is 11.3. The van der Waals surface area contributed by atoms with Crippen LogP contribution in [-0.2, 0) is 0 Å². The molecule has 0 fully saturated rings. The second kappa shape index (κ2) is 7.85. The topological polar surface area (TPSA) is 12.0 Å². The van der Waals surface area contributed by atoms with Crippen LogP contribution in [0.5, 0.6) is 0 Å². The van der Waals surface area contributed by atoms with Crippen LogP contribution in [0.3, 0.4) is 0 Å². The maximum atomic E-state index is 6.37. The lowest BCUT2D eigenvalue weighted by Gasteiger charge is -2.22. The third-order valence-electron chi connectivity index (χ3n) is 3.14. The van der Waals surface area contributed by atoms with E-state index in [0.29, 0.717) is 15.1 Å². The van der Waals surface area contributed by atoms with Gasteiger partial charge in [0, 0.05) is 19.5 Å². The van der Waals surface area contributed by atoms with Crippen molar-refractivity contribution in [3.05, 3.63) is 67.1 Å². The van der Waals surface area contributed by atoms with Crippen LogP contribution in [0.4, 0.5) is 0 Å². The van der Waals surface area contributed by atoms with Crippen LogP contribution in [-0.4, -0.2) is 6.54 Å². The van der Waals surface area contributed by atoms with Gasteiger partial charge in [0.2, 0.25) is 0 Å². The third kappa shape index (κ3) is 4.37. The fourth-order valence-electron chi connectivity index (χ4n) is 2.15. The Bertz CT molecular complexity index is 631. The summed E-state index contributed by atoms with van der Waals surface area (Å²) in [7, 11) is 0. The Kier molecular flexibility index (Phi) is 6.39. The summed E-state index contributed by atoms with van der Waals surface area (Å²) >= 11 is 22.2. The zero-order valence-corrected chi connectivity index (χ0v) is 15.3. The molecule has 5 heteroatoms. The Labute approximate surface area is 148 Å². The van der Waals surface area contributed by atoms with Gasteiger partial charge >= 0.3 is 0 Å². The highest BCUT2D eigenvalue weighted by Gasteiger charge is 2.19. The zero-order chi connectivity index (χ0) is 15.4. The average Bonchev–Trinajstić information content (AvgIpc) is 2.44. The van der Waals surface area contributed by atoms with Crippen LogP contribution in [0.25, 0.3) is 0 Å². The molecule has 0 heterocycles. The van der Waals surface area contributed by atoms with Crippen LogP contribution < -0.4 is 5.32 Å². The summed E-state index contributed by atoms with van der Waals surface area (Å²) in [5.41, 5.74) is 1.96. The first-order chi connectivity index (χ1) is 10.0. The Hall–Kier alpha value is -0.250. The van der Waals surface area contributed by atoms with Crippen molar-refractivity contribution in [1.82, 2.24) is 5.32 Å². The molecular weight excluding hydrogens is 392 g/mol. The van der Waals surface area contributed by atoms with E-state index in [4.69, 9.17) is 34.8 Å². The van der Waals surface area contributed by atoms with E-state index in [1.165, 1.54) is 0 Å². The SMILES string of the molecule is CCCNC(c1ccc(Cl)cc1Cl)c1cc(Br)ccc1Cl. The molecule has 0 aliphatic carbocycles. The molecule has 0 saturated heterocycles. The number of rotatable bonds is 5. The van der Waals surface area contributed by atoms with Crippen molar-refractivity contribution in [2.45, 2.75) is 19.4 Å². The van der Waals surface area contributed by atoms with Gasteiger partial charge < -0.3 is 5.32 Å². The van der Waals surface area contributed by atoms with E-state index in [1.54, 1.807) is 6.07 Å². The molecule has 1 N–H and O–H groups in total. The Morgan fingerprint density at radius 3 is 2.43 bits per heavy atom. The minimum absolute atomic E-state index is 0.0697. The largest absolute Gasteiger partial charge is 0.306 e. The molecule has 0 saturated carbocycles. The van der Waals surface area contributed by atoms with Gasteiger partial charge in [-0.2, -0.15) is 0 Å². The van der Waals surface area contributed by atoms with Crippen molar-refractivity contribution in [1.29, 1.82) is 0 Å². The van der Waals surface area contributed by atoms with E-state index in [1.807, 2.05) is 30.3 Å². The predicted octanol–water partition coefficient (Wildman–Crippen LogP) is 6.50. The standard InChI is InChI=1S/C16H15BrCl3N/c1-2-7-21-16(12-5-4-11(18)9-15(12)20)13-8-10(17)3-6-14(13)19/h3-6,8-9,16,21H,2,7H2,1H3. The maximum absolute atomic E-state index is 6.37. The molecule has 2 rings (SSSR count). The summed E-state index contributed by atoms with van der Waals surface area (Å²) in [5.74, 6) is 0. The van der Waals surface area contributed by atoms with E-state index in [2.05, 4.69) is 28.2 Å². The summed E-state index contributed by atoms with van der Waals surface area (Å²) in [4.78, 5) is 0. The second-order valence-corrected chi connectivity index (χ2v) is 6.89. The van der Waals surface area contributed by atoms with Crippen LogP contribution in [0.2, 0.25) is 15.1 Å². The Morgan fingerprint density at radius 1 is 1.00 bits per heavy atom. The third-order valence-corrected chi connectivity index (χ3v) is 4.54. The van der Waals surface area contributed by atoms with Crippen molar-refractivity contribution < 1.29 is 0 Å². The molecule has 0 aliphatic rings. The van der Waals surface area contributed by atoms with E-state index < -0.39 is 0 Å². The van der Waals surface area contributed by atoms with Gasteiger partial charge in [-0.15, -0.1) is 0 Å². The smallest absolute Gasteiger partial charge is 0.0606 e. The molecule has 0 bridgehead atoms. The molecular formula is C16H15BrCl3N. The molecule has 1 unspecified atom stereocenters. The quantitative estimate of drug-likeness (QED) is 0.597. The van der Waals surface area contributed by atoms with Crippen LogP contribution in [0, 0.1) is 0 Å². The molecule has 2 aromatic rings. The molecule has 1 nitrogen and oxygen atoms in total. The van der Waals surface area contributed by atoms with Crippen molar-refractivity contribution in [2.24, 2.45) is 0 Å². The lowest BCUT2D eigenvalue weighted by Crippen LogP contribution is -2.23. The lowest BCUT2D eigenvalue weighted by atomic mass is 9.98. The number of nitrogens with one attached hydrogen (secondary N) is 1. The highest BCUT2D eigenvalue weighted by atomic mass is 79.9. The normalized spacial score (nSPS) is 12.4. The van der Waals surface area contributed by atoms with Crippen LogP contribution in [0.1, 0.15) is 30.5 Å². The first-order valence-electron chi connectivity index (χ1n) is 6.66. The number of hydrogen-bond donors (Lipinski definition) is 1. The van der Waals surface area contributed by atoms with E-state index in [-0.39, 0.29) is 6.04 Å². The van der Waals surface area contributed by atoms with Crippen molar-refractivity contribution in [3.8, 4) is 0 Å². The number of hydrogen-bond acceptors (Lipinski definition) is 1. The van der Waals surface area contributed by atoms with Gasteiger partial charge in [-0.1, -0.05) is 63.7 Å². The van der Waals surface area contributed by atoms with Crippen molar-refractivity contribution >= 4 is 50.7 Å². The van der Waals surface area contributed by atoms with Gasteiger partial charge in [0.25, 0.3) is 0 Å². The maximum Gasteiger partial charge on any atom is 0.0606 e. The molecule has 0 amide bonds. The number of halogens is 4. The van der Waals surface area contributed by atoms with E-state index in [9.17, 15) is 0 Å². The fraction of sp³-hybridized carbons (Fsp3) is 0.250. The summed E-state index contributed by atoms with van der Waals surface area (Å²) < 4.78 is 0.982. The molecule has 0 aromatic heterocycles. The average molecular weight is 408 g/mol. The molecule has 0 aliphatic heterocycles. The van der Waals surface area contributed by atoms with Crippen molar-refractivity contribution in [3.63, 3.8) is 0 Å². The molecule has 1 atom stereocenters. The number of benzene rings is 2. The van der Waals surface area contributed by atoms with Crippen molar-refractivity contribution in [2.75, 3.05) is 6.54 Å². The zero-order valence-electron chi connectivity index (χ0n) is 11.5. The molecule has 0 spiro atoms. The second-order valence-electron chi connectivity index (χ2n) is 4.72. The van der Waals surface area contributed by atoms with Gasteiger partial charge in [-0.25, -0.2) is 0 Å².